The van der Waals surface area contributed by atoms with E-state index in [1.54, 1.807) is 0 Å². The fourth-order valence-electron chi connectivity index (χ4n) is 8.56. The summed E-state index contributed by atoms with van der Waals surface area (Å²) in [6.45, 7) is 0. The third-order valence-electron chi connectivity index (χ3n) is 10.9. The molecule has 0 saturated heterocycles. The van der Waals surface area contributed by atoms with Gasteiger partial charge < -0.3 is 0 Å². The van der Waals surface area contributed by atoms with Crippen molar-refractivity contribution >= 4 is 71.9 Å². The summed E-state index contributed by atoms with van der Waals surface area (Å²) in [6, 6.07) is 57.8. The van der Waals surface area contributed by atoms with Crippen LogP contribution in [0.5, 0.6) is 0 Å². The molecule has 8 aromatic carbocycles. The van der Waals surface area contributed by atoms with Gasteiger partial charge in [0.1, 0.15) is 5.65 Å². The van der Waals surface area contributed by atoms with E-state index in [4.69, 9.17) is 4.98 Å². The van der Waals surface area contributed by atoms with Crippen molar-refractivity contribution in [3.63, 3.8) is 0 Å². The van der Waals surface area contributed by atoms with Gasteiger partial charge in [0.15, 0.2) is 0 Å². The summed E-state index contributed by atoms with van der Waals surface area (Å²) in [5.74, 6) is 0. The van der Waals surface area contributed by atoms with Crippen LogP contribution in [0, 0.1) is 0 Å². The van der Waals surface area contributed by atoms with Crippen LogP contribution in [0.2, 0.25) is 0 Å². The fourth-order valence-corrected chi connectivity index (χ4v) is 8.56. The highest BCUT2D eigenvalue weighted by Gasteiger charge is 2.19. The lowest BCUT2D eigenvalue weighted by molar-refractivity contribution is 1.21. The van der Waals surface area contributed by atoms with Gasteiger partial charge >= 0.3 is 0 Å². The zero-order valence-electron chi connectivity index (χ0n) is 28.4. The largest absolute Gasteiger partial charge is 0.292 e. The SMILES string of the molecule is C1=Cc2c(n3c4ccccc4nc3c3cc(-c4ccc(-c5c6ccccc6c(-c6ccc7ccccc7c6)c6ccccc56)cc4)ccc23)C=CC1. The molecule has 0 fully saturated rings. The topological polar surface area (TPSA) is 17.3 Å². The number of allylic oxidation sites excluding steroid dienone is 2. The molecular formula is C50H32N2. The van der Waals surface area contributed by atoms with Crippen molar-refractivity contribution in [3.8, 4) is 33.4 Å². The average Bonchev–Trinajstić information content (AvgIpc) is 3.43. The predicted octanol–water partition coefficient (Wildman–Crippen LogP) is 13.5. The van der Waals surface area contributed by atoms with Gasteiger partial charge in [-0.3, -0.25) is 4.40 Å². The van der Waals surface area contributed by atoms with Crippen LogP contribution in [0.1, 0.15) is 17.7 Å². The molecule has 2 aromatic heterocycles. The van der Waals surface area contributed by atoms with Crippen molar-refractivity contribution in [1.82, 2.24) is 9.38 Å². The first-order valence-electron chi connectivity index (χ1n) is 18.0. The Bertz CT molecular complexity index is 3080. The lowest BCUT2D eigenvalue weighted by Crippen LogP contribution is -1.97. The molecule has 242 valence electrons. The third kappa shape index (κ3) is 4.34. The number of hydrogen-bond donors (Lipinski definition) is 0. The minimum atomic E-state index is 0.922. The molecule has 0 atom stereocenters. The quantitative estimate of drug-likeness (QED) is 0.172. The Hall–Kier alpha value is -6.77. The molecule has 2 heterocycles. The maximum absolute atomic E-state index is 5.18. The lowest BCUT2D eigenvalue weighted by atomic mass is 9.85. The molecule has 2 heteroatoms. The number of para-hydroxylation sites is 2. The molecule has 52 heavy (non-hydrogen) atoms. The van der Waals surface area contributed by atoms with Gasteiger partial charge in [0, 0.05) is 10.9 Å². The molecular weight excluding hydrogens is 629 g/mol. The molecule has 0 bridgehead atoms. The van der Waals surface area contributed by atoms with E-state index in [-0.39, 0.29) is 0 Å². The molecule has 0 saturated carbocycles. The Morgan fingerprint density at radius 3 is 1.79 bits per heavy atom. The predicted molar refractivity (Wildman–Crippen MR) is 222 cm³/mol. The van der Waals surface area contributed by atoms with Gasteiger partial charge in [-0.2, -0.15) is 0 Å². The monoisotopic (exact) mass is 660 g/mol. The summed E-state index contributed by atoms with van der Waals surface area (Å²) in [6.07, 6.45) is 9.94. The van der Waals surface area contributed by atoms with E-state index in [1.807, 2.05) is 0 Å². The third-order valence-corrected chi connectivity index (χ3v) is 10.9. The zero-order valence-corrected chi connectivity index (χ0v) is 28.4. The van der Waals surface area contributed by atoms with Gasteiger partial charge in [-0.25, -0.2) is 4.98 Å². The number of rotatable bonds is 3. The van der Waals surface area contributed by atoms with Crippen LogP contribution in [0.15, 0.2) is 170 Å². The second-order valence-electron chi connectivity index (χ2n) is 13.8. The second-order valence-corrected chi connectivity index (χ2v) is 13.8. The van der Waals surface area contributed by atoms with Crippen LogP contribution < -0.4 is 0 Å². The smallest absolute Gasteiger partial charge is 0.146 e. The van der Waals surface area contributed by atoms with Crippen LogP contribution in [-0.4, -0.2) is 9.38 Å². The van der Waals surface area contributed by atoms with Crippen molar-refractivity contribution in [2.75, 3.05) is 0 Å². The number of imidazole rings is 1. The minimum absolute atomic E-state index is 0.922. The summed E-state index contributed by atoms with van der Waals surface area (Å²) >= 11 is 0. The lowest BCUT2D eigenvalue weighted by Gasteiger charge is -2.18. The Labute approximate surface area is 301 Å². The standard InChI is InChI=1S/C50H32N2/c1-2-14-39-38-29-28-36(31-44(38)50-51-45-19-10-11-21-47(45)52(50)46(39)20-3-1)33-22-25-34(26-23-33)48-40-15-6-8-17-42(40)49(43-18-9-7-16-41(43)48)37-27-24-32-12-4-5-13-35(32)30-37/h2-31H,1H2. The summed E-state index contributed by atoms with van der Waals surface area (Å²) < 4.78 is 2.34. The highest BCUT2D eigenvalue weighted by atomic mass is 15.0. The Kier molecular flexibility index (Phi) is 6.35. The number of benzene rings is 8. The van der Waals surface area contributed by atoms with Crippen LogP contribution in [0.3, 0.4) is 0 Å². The molecule has 0 aliphatic heterocycles. The number of pyridine rings is 1. The molecule has 11 rings (SSSR count). The van der Waals surface area contributed by atoms with Crippen molar-refractivity contribution in [1.29, 1.82) is 0 Å². The number of nitrogens with zero attached hydrogens (tertiary/aromatic N) is 2. The average molecular weight is 661 g/mol. The summed E-state index contributed by atoms with van der Waals surface area (Å²) in [5, 5.41) is 9.97. The van der Waals surface area contributed by atoms with Gasteiger partial charge in [-0.1, -0.05) is 152 Å². The molecule has 1 aliphatic carbocycles. The van der Waals surface area contributed by atoms with Crippen molar-refractivity contribution < 1.29 is 0 Å². The normalized spacial score (nSPS) is 12.8. The van der Waals surface area contributed by atoms with Crippen molar-refractivity contribution in [3.05, 3.63) is 181 Å². The second kappa shape index (κ2) is 11.4. The summed E-state index contributed by atoms with van der Waals surface area (Å²) in [5.41, 5.74) is 13.0. The molecule has 0 unspecified atom stereocenters. The van der Waals surface area contributed by atoms with E-state index in [1.165, 1.54) is 82.3 Å². The molecule has 0 amide bonds. The van der Waals surface area contributed by atoms with Gasteiger partial charge in [0.05, 0.1) is 16.7 Å². The number of aromatic nitrogens is 2. The maximum Gasteiger partial charge on any atom is 0.146 e. The van der Waals surface area contributed by atoms with E-state index in [2.05, 4.69) is 186 Å². The Morgan fingerprint density at radius 1 is 0.423 bits per heavy atom. The van der Waals surface area contributed by atoms with Crippen LogP contribution in [0.4, 0.5) is 0 Å². The fraction of sp³-hybridized carbons (Fsp3) is 0.0200. The first-order valence-corrected chi connectivity index (χ1v) is 18.0. The minimum Gasteiger partial charge on any atom is -0.292 e. The van der Waals surface area contributed by atoms with E-state index in [9.17, 15) is 0 Å². The van der Waals surface area contributed by atoms with Gasteiger partial charge in [0.2, 0.25) is 0 Å². The van der Waals surface area contributed by atoms with Crippen molar-refractivity contribution in [2.24, 2.45) is 0 Å². The number of hydrogen-bond acceptors (Lipinski definition) is 1. The highest BCUT2D eigenvalue weighted by molar-refractivity contribution is 6.21. The van der Waals surface area contributed by atoms with E-state index in [0.717, 1.165) is 28.5 Å². The molecule has 10 aromatic rings. The van der Waals surface area contributed by atoms with Gasteiger partial charge in [-0.05, 0) is 108 Å². The van der Waals surface area contributed by atoms with Crippen LogP contribution in [-0.2, 0) is 0 Å². The van der Waals surface area contributed by atoms with Crippen LogP contribution in [0.25, 0.3) is 105 Å². The van der Waals surface area contributed by atoms with Crippen LogP contribution >= 0.6 is 0 Å². The number of fused-ring (bicyclic) bond motifs is 11. The molecule has 0 radical (unpaired) electrons. The highest BCUT2D eigenvalue weighted by Crippen LogP contribution is 2.44. The first-order chi connectivity index (χ1) is 25.8. The summed E-state index contributed by atoms with van der Waals surface area (Å²) in [7, 11) is 0. The van der Waals surface area contributed by atoms with E-state index in [0.29, 0.717) is 0 Å². The maximum atomic E-state index is 5.18. The first kappa shape index (κ1) is 29.0. The van der Waals surface area contributed by atoms with Gasteiger partial charge in [-0.15, -0.1) is 0 Å². The van der Waals surface area contributed by atoms with Gasteiger partial charge in [0.25, 0.3) is 0 Å². The van der Waals surface area contributed by atoms with E-state index < -0.39 is 0 Å². The summed E-state index contributed by atoms with van der Waals surface area (Å²) in [4.78, 5) is 5.18. The van der Waals surface area contributed by atoms with E-state index >= 15 is 0 Å². The zero-order chi connectivity index (χ0) is 34.2. The Balaban J connectivity index is 1.08. The molecule has 0 spiro atoms. The Morgan fingerprint density at radius 2 is 1.02 bits per heavy atom. The van der Waals surface area contributed by atoms with Crippen molar-refractivity contribution in [2.45, 2.75) is 6.42 Å². The molecule has 0 N–H and O–H groups in total. The molecule has 1 aliphatic rings. The molecule has 2 nitrogen and oxygen atoms in total.